The molecule has 2 N–H and O–H groups in total. The lowest BCUT2D eigenvalue weighted by Crippen LogP contribution is -2.30. The zero-order valence-electron chi connectivity index (χ0n) is 14.2. The number of fused-ring (bicyclic) bond motifs is 1. The van der Waals surface area contributed by atoms with Crippen molar-refractivity contribution in [1.29, 1.82) is 0 Å². The molecule has 0 fully saturated rings. The van der Waals surface area contributed by atoms with Gasteiger partial charge in [-0.15, -0.1) is 0 Å². The highest BCUT2D eigenvalue weighted by atomic mass is 16.3. The normalized spacial score (nSPS) is 14.0. The smallest absolute Gasteiger partial charge is 0.221 e. The molecule has 130 valence electrons. The van der Waals surface area contributed by atoms with Gasteiger partial charge in [-0.25, -0.2) is 0 Å². The van der Waals surface area contributed by atoms with Gasteiger partial charge in [-0.05, 0) is 42.0 Å². The van der Waals surface area contributed by atoms with Gasteiger partial charge in [-0.1, -0.05) is 42.5 Å². The summed E-state index contributed by atoms with van der Waals surface area (Å²) in [5.41, 5.74) is 4.14. The van der Waals surface area contributed by atoms with E-state index in [0.29, 0.717) is 5.56 Å². The molecule has 1 aliphatic rings. The van der Waals surface area contributed by atoms with Gasteiger partial charge in [0.2, 0.25) is 5.91 Å². The fourth-order valence-electron chi connectivity index (χ4n) is 3.30. The third-order valence-electron chi connectivity index (χ3n) is 4.72. The molecule has 0 aromatic heterocycles. The molecule has 0 saturated carbocycles. The van der Waals surface area contributed by atoms with E-state index in [1.807, 2.05) is 48.5 Å². The lowest BCUT2D eigenvalue weighted by Gasteiger charge is -2.16. The number of aliphatic hydroxyl groups excluding tert-OH is 1. The Morgan fingerprint density at radius 2 is 1.76 bits per heavy atom. The van der Waals surface area contributed by atoms with Gasteiger partial charge in [0.15, 0.2) is 5.78 Å². The molecule has 0 radical (unpaired) electrons. The number of benzene rings is 2. The van der Waals surface area contributed by atoms with Crippen LogP contribution in [0.4, 0.5) is 0 Å². The molecule has 3 rings (SSSR count). The Hall–Kier alpha value is -2.46. The minimum absolute atomic E-state index is 0.00916. The second-order valence-electron chi connectivity index (χ2n) is 6.47. The Labute approximate surface area is 147 Å². The number of aliphatic hydroxyl groups is 1. The summed E-state index contributed by atoms with van der Waals surface area (Å²) in [5.74, 6) is -0.234. The molecule has 0 spiro atoms. The molecule has 0 aliphatic heterocycles. The number of Topliss-reactive ketones (excluding diaryl/α,β-unsaturated/α-hetero) is 1. The largest absolute Gasteiger partial charge is 0.394 e. The fourth-order valence-corrected chi connectivity index (χ4v) is 3.30. The van der Waals surface area contributed by atoms with Gasteiger partial charge in [-0.2, -0.15) is 0 Å². The average Bonchev–Trinajstić information content (AvgIpc) is 3.12. The monoisotopic (exact) mass is 337 g/mol. The van der Waals surface area contributed by atoms with Crippen LogP contribution in [-0.2, 0) is 17.6 Å². The van der Waals surface area contributed by atoms with Gasteiger partial charge in [0.1, 0.15) is 0 Å². The minimum atomic E-state index is -0.441. The van der Waals surface area contributed by atoms with E-state index in [1.165, 1.54) is 11.1 Å². The molecule has 0 bridgehead atoms. The second kappa shape index (κ2) is 8.08. The summed E-state index contributed by atoms with van der Waals surface area (Å²) < 4.78 is 0. The first-order chi connectivity index (χ1) is 12.2. The molecule has 1 aliphatic carbocycles. The average molecular weight is 337 g/mol. The van der Waals surface area contributed by atoms with Crippen molar-refractivity contribution in [3.8, 4) is 0 Å². The zero-order valence-corrected chi connectivity index (χ0v) is 14.2. The van der Waals surface area contributed by atoms with Crippen LogP contribution in [0.15, 0.2) is 48.5 Å². The second-order valence-corrected chi connectivity index (χ2v) is 6.47. The van der Waals surface area contributed by atoms with Gasteiger partial charge in [0, 0.05) is 18.4 Å². The van der Waals surface area contributed by atoms with Crippen molar-refractivity contribution in [3.05, 3.63) is 70.8 Å². The van der Waals surface area contributed by atoms with Crippen LogP contribution in [0.1, 0.15) is 52.4 Å². The van der Waals surface area contributed by atoms with Gasteiger partial charge >= 0.3 is 0 Å². The number of carbonyl (C=O) groups is 2. The summed E-state index contributed by atoms with van der Waals surface area (Å²) >= 11 is 0. The maximum Gasteiger partial charge on any atom is 0.221 e. The highest BCUT2D eigenvalue weighted by molar-refractivity contribution is 5.98. The number of hydrogen-bond acceptors (Lipinski definition) is 3. The van der Waals surface area contributed by atoms with Gasteiger partial charge in [0.25, 0.3) is 0 Å². The van der Waals surface area contributed by atoms with Crippen molar-refractivity contribution in [1.82, 2.24) is 5.32 Å². The van der Waals surface area contributed by atoms with E-state index in [4.69, 9.17) is 0 Å². The summed E-state index contributed by atoms with van der Waals surface area (Å²) in [6.07, 6.45) is 3.58. The first kappa shape index (κ1) is 17.4. The van der Waals surface area contributed by atoms with Crippen LogP contribution in [0, 0.1) is 0 Å². The number of nitrogens with one attached hydrogen (secondary N) is 1. The first-order valence-corrected chi connectivity index (χ1v) is 8.77. The highest BCUT2D eigenvalue weighted by Crippen LogP contribution is 2.23. The maximum atomic E-state index is 12.3. The van der Waals surface area contributed by atoms with Crippen LogP contribution in [0.2, 0.25) is 0 Å². The Bertz CT molecular complexity index is 755. The lowest BCUT2D eigenvalue weighted by atomic mass is 10.0. The number of rotatable bonds is 7. The summed E-state index contributed by atoms with van der Waals surface area (Å²) in [6, 6.07) is 14.8. The van der Waals surface area contributed by atoms with Crippen LogP contribution in [0.5, 0.6) is 0 Å². The molecule has 2 aromatic rings. The number of carbonyl (C=O) groups excluding carboxylic acids is 2. The van der Waals surface area contributed by atoms with Gasteiger partial charge in [-0.3, -0.25) is 9.59 Å². The van der Waals surface area contributed by atoms with Crippen molar-refractivity contribution in [2.75, 3.05) is 6.61 Å². The standard InChI is InChI=1S/C21H23NO3/c23-14-19(16-5-2-1-3-6-16)22-21(25)12-11-20(24)18-10-9-15-7-4-8-17(15)13-18/h1-3,5-6,9-10,13,19,23H,4,7-8,11-12,14H2,(H,22,25)/t19-/m1/s1. The molecule has 1 amide bonds. The van der Waals surface area contributed by atoms with Crippen molar-refractivity contribution in [2.45, 2.75) is 38.1 Å². The number of hydrogen-bond donors (Lipinski definition) is 2. The zero-order chi connectivity index (χ0) is 17.6. The highest BCUT2D eigenvalue weighted by Gasteiger charge is 2.17. The summed E-state index contributed by atoms with van der Waals surface area (Å²) in [4.78, 5) is 24.5. The molecule has 25 heavy (non-hydrogen) atoms. The van der Waals surface area contributed by atoms with Crippen LogP contribution in [0.3, 0.4) is 0 Å². The fraction of sp³-hybridized carbons (Fsp3) is 0.333. The third kappa shape index (κ3) is 4.34. The quantitative estimate of drug-likeness (QED) is 0.763. The Balaban J connectivity index is 1.54. The molecule has 2 aromatic carbocycles. The topological polar surface area (TPSA) is 66.4 Å². The van der Waals surface area contributed by atoms with Gasteiger partial charge < -0.3 is 10.4 Å². The summed E-state index contributed by atoms with van der Waals surface area (Å²) in [6.45, 7) is -0.172. The minimum Gasteiger partial charge on any atom is -0.394 e. The van der Waals surface area contributed by atoms with E-state index in [-0.39, 0.29) is 31.1 Å². The van der Waals surface area contributed by atoms with E-state index in [1.54, 1.807) is 0 Å². The van der Waals surface area contributed by atoms with Crippen molar-refractivity contribution < 1.29 is 14.7 Å². The maximum absolute atomic E-state index is 12.3. The van der Waals surface area contributed by atoms with Gasteiger partial charge in [0.05, 0.1) is 12.6 Å². The van der Waals surface area contributed by atoms with E-state index < -0.39 is 6.04 Å². The SMILES string of the molecule is O=C(CCC(=O)c1ccc2c(c1)CCC2)N[C@H](CO)c1ccccc1. The van der Waals surface area contributed by atoms with Crippen molar-refractivity contribution in [2.24, 2.45) is 0 Å². The van der Waals surface area contributed by atoms with Crippen LogP contribution in [0.25, 0.3) is 0 Å². The van der Waals surface area contributed by atoms with Crippen LogP contribution in [-0.4, -0.2) is 23.4 Å². The molecule has 1 atom stereocenters. The predicted octanol–water partition coefficient (Wildman–Crippen LogP) is 2.99. The van der Waals surface area contributed by atoms with Crippen molar-refractivity contribution in [3.63, 3.8) is 0 Å². The number of aryl methyl sites for hydroxylation is 2. The Morgan fingerprint density at radius 1 is 1.00 bits per heavy atom. The van der Waals surface area contributed by atoms with Crippen molar-refractivity contribution >= 4 is 11.7 Å². The molecule has 0 saturated heterocycles. The third-order valence-corrected chi connectivity index (χ3v) is 4.72. The predicted molar refractivity (Wildman–Crippen MR) is 96.4 cm³/mol. The molecule has 4 heteroatoms. The van der Waals surface area contributed by atoms with E-state index >= 15 is 0 Å². The van der Waals surface area contributed by atoms with E-state index in [2.05, 4.69) is 5.32 Å². The summed E-state index contributed by atoms with van der Waals surface area (Å²) in [5, 5.41) is 12.3. The molecule has 0 unspecified atom stereocenters. The van der Waals surface area contributed by atoms with Crippen LogP contribution < -0.4 is 5.32 Å². The van der Waals surface area contributed by atoms with E-state index in [9.17, 15) is 14.7 Å². The Kier molecular flexibility index (Phi) is 5.61. The lowest BCUT2D eigenvalue weighted by molar-refractivity contribution is -0.122. The molecular formula is C21H23NO3. The number of ketones is 1. The number of amides is 1. The van der Waals surface area contributed by atoms with E-state index in [0.717, 1.165) is 24.8 Å². The summed E-state index contributed by atoms with van der Waals surface area (Å²) in [7, 11) is 0. The molecule has 0 heterocycles. The first-order valence-electron chi connectivity index (χ1n) is 8.77. The molecular weight excluding hydrogens is 314 g/mol. The Morgan fingerprint density at radius 3 is 2.52 bits per heavy atom. The van der Waals surface area contributed by atoms with Crippen LogP contribution >= 0.6 is 0 Å². The molecule has 4 nitrogen and oxygen atoms in total.